The summed E-state index contributed by atoms with van der Waals surface area (Å²) in [5, 5.41) is 0. The highest BCUT2D eigenvalue weighted by Crippen LogP contribution is 2.09. The first-order valence-corrected chi connectivity index (χ1v) is 5.42. The van der Waals surface area contributed by atoms with E-state index >= 15 is 0 Å². The van der Waals surface area contributed by atoms with Gasteiger partial charge in [0.25, 0.3) is 0 Å². The molecule has 0 aliphatic rings. The number of methoxy groups -OCH3 is 2. The van der Waals surface area contributed by atoms with Gasteiger partial charge in [0.05, 0.1) is 24.8 Å². The minimum Gasteiger partial charge on any atom is -0.383 e. The Hall–Kier alpha value is -0.650. The van der Waals surface area contributed by atoms with Crippen LogP contribution in [0.15, 0.2) is 0 Å². The molecule has 0 bridgehead atoms. The molecule has 0 rings (SSSR count). The van der Waals surface area contributed by atoms with Crippen LogP contribution in [0.2, 0.25) is 0 Å². The summed E-state index contributed by atoms with van der Waals surface area (Å²) in [5.41, 5.74) is 4.95. The minimum absolute atomic E-state index is 0.00419. The third-order valence-corrected chi connectivity index (χ3v) is 2.29. The zero-order valence-corrected chi connectivity index (χ0v) is 10.9. The molecule has 0 aromatic carbocycles. The van der Waals surface area contributed by atoms with Crippen molar-refractivity contribution in [3.05, 3.63) is 0 Å². The van der Waals surface area contributed by atoms with Crippen LogP contribution < -0.4 is 5.73 Å². The molecule has 1 amide bonds. The van der Waals surface area contributed by atoms with Crippen molar-refractivity contribution in [2.24, 2.45) is 5.73 Å². The van der Waals surface area contributed by atoms with Gasteiger partial charge in [0.15, 0.2) is 0 Å². The number of nitrogens with zero attached hydrogens (tertiary/aromatic N) is 1. The maximum atomic E-state index is 12.1. The summed E-state index contributed by atoms with van der Waals surface area (Å²) in [4.78, 5) is 13.8. The van der Waals surface area contributed by atoms with Gasteiger partial charge in [0.2, 0.25) is 5.91 Å². The molecule has 16 heavy (non-hydrogen) atoms. The van der Waals surface area contributed by atoms with Gasteiger partial charge in [0, 0.05) is 20.8 Å². The molecule has 0 saturated heterocycles. The maximum Gasteiger partial charge on any atom is 0.242 e. The van der Waals surface area contributed by atoms with Gasteiger partial charge in [-0.2, -0.15) is 0 Å². The zero-order valence-electron chi connectivity index (χ0n) is 10.9. The largest absolute Gasteiger partial charge is 0.383 e. The summed E-state index contributed by atoms with van der Waals surface area (Å²) in [7, 11) is 3.22. The van der Waals surface area contributed by atoms with Crippen LogP contribution in [0.3, 0.4) is 0 Å². The zero-order chi connectivity index (χ0) is 12.8. The van der Waals surface area contributed by atoms with Crippen molar-refractivity contribution < 1.29 is 14.3 Å². The average molecular weight is 232 g/mol. The molecular formula is C11H24N2O3. The van der Waals surface area contributed by atoms with E-state index in [4.69, 9.17) is 15.2 Å². The minimum atomic E-state index is -0.865. The van der Waals surface area contributed by atoms with Crippen molar-refractivity contribution >= 4 is 5.91 Å². The first kappa shape index (κ1) is 15.3. The van der Waals surface area contributed by atoms with Crippen molar-refractivity contribution in [1.82, 2.24) is 4.90 Å². The number of hydrogen-bond acceptors (Lipinski definition) is 4. The molecule has 0 aromatic heterocycles. The Bertz CT molecular complexity index is 214. The van der Waals surface area contributed by atoms with Gasteiger partial charge in [-0.15, -0.1) is 0 Å². The fourth-order valence-electron chi connectivity index (χ4n) is 1.41. The van der Waals surface area contributed by atoms with Gasteiger partial charge < -0.3 is 20.1 Å². The van der Waals surface area contributed by atoms with Crippen molar-refractivity contribution in [1.29, 1.82) is 0 Å². The van der Waals surface area contributed by atoms with E-state index in [1.807, 2.05) is 6.92 Å². The van der Waals surface area contributed by atoms with Crippen molar-refractivity contribution in [2.75, 3.05) is 34.0 Å². The quantitative estimate of drug-likeness (QED) is 0.682. The van der Waals surface area contributed by atoms with Gasteiger partial charge in [-0.3, -0.25) is 4.79 Å². The topological polar surface area (TPSA) is 64.8 Å². The van der Waals surface area contributed by atoms with E-state index in [0.29, 0.717) is 19.8 Å². The summed E-state index contributed by atoms with van der Waals surface area (Å²) < 4.78 is 10.0. The number of rotatable bonds is 7. The number of amides is 1. The Morgan fingerprint density at radius 2 is 1.94 bits per heavy atom. The molecule has 0 heterocycles. The molecule has 0 aliphatic heterocycles. The summed E-state index contributed by atoms with van der Waals surface area (Å²) in [6.45, 7) is 6.86. The van der Waals surface area contributed by atoms with Gasteiger partial charge in [0.1, 0.15) is 0 Å². The van der Waals surface area contributed by atoms with E-state index in [-0.39, 0.29) is 11.9 Å². The van der Waals surface area contributed by atoms with Crippen LogP contribution in [0.1, 0.15) is 20.8 Å². The van der Waals surface area contributed by atoms with Crippen LogP contribution in [0.4, 0.5) is 0 Å². The van der Waals surface area contributed by atoms with Crippen LogP contribution in [-0.4, -0.2) is 56.4 Å². The number of ether oxygens (including phenoxy) is 2. The predicted octanol–water partition coefficient (Wildman–Crippen LogP) is 0.234. The maximum absolute atomic E-state index is 12.1. The second-order valence-corrected chi connectivity index (χ2v) is 4.52. The number of carbonyl (C=O) groups excluding carboxylic acids is 1. The Balaban J connectivity index is 4.59. The monoisotopic (exact) mass is 232 g/mol. The Morgan fingerprint density at radius 3 is 2.31 bits per heavy atom. The van der Waals surface area contributed by atoms with Crippen LogP contribution in [0, 0.1) is 0 Å². The van der Waals surface area contributed by atoms with Crippen LogP contribution in [0.25, 0.3) is 0 Å². The van der Waals surface area contributed by atoms with Gasteiger partial charge in [-0.25, -0.2) is 0 Å². The summed E-state index contributed by atoms with van der Waals surface area (Å²) in [6, 6.07) is -0.00419. The standard InChI is InChI=1S/C11H24N2O3/c1-9(8-16-5)13(6-7-15-4)10(14)11(2,3)12/h9H,6-8,12H2,1-5H3. The highest BCUT2D eigenvalue weighted by molar-refractivity contribution is 5.85. The SMILES string of the molecule is COCCN(C(=O)C(C)(C)N)C(C)COC. The lowest BCUT2D eigenvalue weighted by atomic mass is 10.0. The first-order chi connectivity index (χ1) is 7.34. The highest BCUT2D eigenvalue weighted by Gasteiger charge is 2.30. The van der Waals surface area contributed by atoms with E-state index in [1.54, 1.807) is 33.0 Å². The van der Waals surface area contributed by atoms with E-state index in [2.05, 4.69) is 0 Å². The average Bonchev–Trinajstić information content (AvgIpc) is 2.17. The lowest BCUT2D eigenvalue weighted by Crippen LogP contribution is -2.55. The Labute approximate surface area is 97.9 Å². The fraction of sp³-hybridized carbons (Fsp3) is 0.909. The molecule has 0 saturated carbocycles. The predicted molar refractivity (Wildman–Crippen MR) is 63.2 cm³/mol. The second kappa shape index (κ2) is 6.83. The Morgan fingerprint density at radius 1 is 1.38 bits per heavy atom. The molecule has 0 radical (unpaired) electrons. The second-order valence-electron chi connectivity index (χ2n) is 4.52. The van der Waals surface area contributed by atoms with Crippen LogP contribution >= 0.6 is 0 Å². The molecule has 5 nitrogen and oxygen atoms in total. The third kappa shape index (κ3) is 4.92. The van der Waals surface area contributed by atoms with Crippen LogP contribution in [0.5, 0.6) is 0 Å². The molecule has 5 heteroatoms. The highest BCUT2D eigenvalue weighted by atomic mass is 16.5. The Kier molecular flexibility index (Phi) is 6.55. The molecule has 96 valence electrons. The van der Waals surface area contributed by atoms with Crippen molar-refractivity contribution in [3.63, 3.8) is 0 Å². The van der Waals surface area contributed by atoms with Gasteiger partial charge in [-0.1, -0.05) is 0 Å². The molecule has 1 unspecified atom stereocenters. The molecule has 0 aromatic rings. The lowest BCUT2D eigenvalue weighted by Gasteiger charge is -2.33. The summed E-state index contributed by atoms with van der Waals surface area (Å²) in [5.74, 6) is -0.0888. The molecule has 0 aliphatic carbocycles. The van der Waals surface area contributed by atoms with Gasteiger partial charge in [-0.05, 0) is 20.8 Å². The fourth-order valence-corrected chi connectivity index (χ4v) is 1.41. The van der Waals surface area contributed by atoms with E-state index in [0.717, 1.165) is 0 Å². The summed E-state index contributed by atoms with van der Waals surface area (Å²) in [6.07, 6.45) is 0. The van der Waals surface area contributed by atoms with E-state index in [1.165, 1.54) is 0 Å². The van der Waals surface area contributed by atoms with Gasteiger partial charge >= 0.3 is 0 Å². The third-order valence-electron chi connectivity index (χ3n) is 2.29. The number of carbonyl (C=O) groups is 1. The molecule has 2 N–H and O–H groups in total. The molecule has 1 atom stereocenters. The molecule has 0 fully saturated rings. The van der Waals surface area contributed by atoms with E-state index in [9.17, 15) is 4.79 Å². The smallest absolute Gasteiger partial charge is 0.242 e. The number of hydrogen-bond donors (Lipinski definition) is 1. The summed E-state index contributed by atoms with van der Waals surface area (Å²) >= 11 is 0. The normalized spacial score (nSPS) is 13.6. The molecule has 0 spiro atoms. The molecular weight excluding hydrogens is 208 g/mol. The van der Waals surface area contributed by atoms with Crippen molar-refractivity contribution in [2.45, 2.75) is 32.4 Å². The van der Waals surface area contributed by atoms with E-state index < -0.39 is 5.54 Å². The lowest BCUT2D eigenvalue weighted by molar-refractivity contribution is -0.139. The van der Waals surface area contributed by atoms with Crippen molar-refractivity contribution in [3.8, 4) is 0 Å². The first-order valence-electron chi connectivity index (χ1n) is 5.42. The number of nitrogens with two attached hydrogens (primary N) is 1. The van der Waals surface area contributed by atoms with Crippen LogP contribution in [-0.2, 0) is 14.3 Å².